The Morgan fingerprint density at radius 2 is 1.92 bits per heavy atom. The van der Waals surface area contributed by atoms with Gasteiger partial charge in [0.15, 0.2) is 0 Å². The van der Waals surface area contributed by atoms with Gasteiger partial charge in [0.05, 0.1) is 9.16 Å². The van der Waals surface area contributed by atoms with Crippen LogP contribution < -0.4 is 0 Å². The highest BCUT2D eigenvalue weighted by molar-refractivity contribution is 8.82. The van der Waals surface area contributed by atoms with Crippen LogP contribution in [0.4, 0.5) is 0 Å². The lowest BCUT2D eigenvalue weighted by Gasteiger charge is -2.06. The molecule has 1 aromatic carbocycles. The van der Waals surface area contributed by atoms with Crippen LogP contribution in [0.2, 0.25) is 0 Å². The van der Waals surface area contributed by atoms with Crippen LogP contribution in [-0.4, -0.2) is 9.16 Å². The van der Waals surface area contributed by atoms with Crippen molar-refractivity contribution in [2.45, 2.75) is 22.5 Å². The Kier molecular flexibility index (Phi) is 3.52. The van der Waals surface area contributed by atoms with Crippen LogP contribution in [0.15, 0.2) is 30.3 Å². The molecule has 0 unspecified atom stereocenters. The molecule has 0 radical (unpaired) electrons. The second-order valence-electron chi connectivity index (χ2n) is 3.02. The molecule has 3 heteroatoms. The van der Waals surface area contributed by atoms with E-state index in [1.165, 1.54) is 12.0 Å². The maximum atomic E-state index is 2.29. The number of thioether (sulfide) groups is 1. The molecule has 1 aliphatic rings. The Morgan fingerprint density at radius 3 is 2.54 bits per heavy atom. The van der Waals surface area contributed by atoms with Gasteiger partial charge in [0.2, 0.25) is 0 Å². The van der Waals surface area contributed by atoms with E-state index < -0.39 is 0 Å². The first-order valence-electron chi connectivity index (χ1n) is 4.36. The number of benzene rings is 1. The normalized spacial score (nSPS) is 27.8. The zero-order chi connectivity index (χ0) is 9.10. The van der Waals surface area contributed by atoms with E-state index in [-0.39, 0.29) is 0 Å². The fraction of sp³-hybridized carbons (Fsp3) is 0.400. The van der Waals surface area contributed by atoms with Crippen molar-refractivity contribution in [1.82, 2.24) is 0 Å². The van der Waals surface area contributed by atoms with Crippen LogP contribution in [0.25, 0.3) is 0 Å². The Hall–Kier alpha value is 0.270. The molecule has 0 saturated carbocycles. The van der Waals surface area contributed by atoms with Gasteiger partial charge >= 0.3 is 0 Å². The second-order valence-corrected chi connectivity index (χ2v) is 7.98. The molecule has 2 atom stereocenters. The van der Waals surface area contributed by atoms with Gasteiger partial charge in [-0.2, -0.15) is 0 Å². The highest BCUT2D eigenvalue weighted by Crippen LogP contribution is 2.51. The topological polar surface area (TPSA) is 0 Å². The number of hydrogen-bond donors (Lipinski definition) is 0. The third kappa shape index (κ3) is 2.86. The van der Waals surface area contributed by atoms with Crippen molar-refractivity contribution in [2.75, 3.05) is 0 Å². The van der Waals surface area contributed by atoms with E-state index in [1.54, 1.807) is 0 Å². The summed E-state index contributed by atoms with van der Waals surface area (Å²) in [4.78, 5) is 0. The molecular weight excluding hydrogens is 216 g/mol. The Morgan fingerprint density at radius 1 is 1.15 bits per heavy atom. The van der Waals surface area contributed by atoms with E-state index in [0.717, 1.165) is 9.16 Å². The van der Waals surface area contributed by atoms with E-state index in [9.17, 15) is 0 Å². The lowest BCUT2D eigenvalue weighted by molar-refractivity contribution is 1.11. The zero-order valence-corrected chi connectivity index (χ0v) is 9.92. The molecule has 2 rings (SSSR count). The van der Waals surface area contributed by atoms with Crippen LogP contribution >= 0.6 is 33.3 Å². The van der Waals surface area contributed by atoms with Crippen LogP contribution in [-0.2, 0) is 6.42 Å². The number of hydrogen-bond acceptors (Lipinski definition) is 3. The molecule has 0 aliphatic carbocycles. The summed E-state index contributed by atoms with van der Waals surface area (Å²) >= 11 is 2.09. The molecule has 1 saturated heterocycles. The summed E-state index contributed by atoms with van der Waals surface area (Å²) in [5.41, 5.74) is 1.46. The van der Waals surface area contributed by atoms with Gasteiger partial charge in [0.1, 0.15) is 0 Å². The van der Waals surface area contributed by atoms with Crippen molar-refractivity contribution < 1.29 is 0 Å². The predicted octanol–water partition coefficient (Wildman–Crippen LogP) is 4.03. The highest BCUT2D eigenvalue weighted by Gasteiger charge is 2.23. The fourth-order valence-electron chi connectivity index (χ4n) is 1.29. The molecule has 1 aliphatic heterocycles. The van der Waals surface area contributed by atoms with Gasteiger partial charge in [-0.3, -0.25) is 0 Å². The van der Waals surface area contributed by atoms with Gasteiger partial charge < -0.3 is 0 Å². The molecule has 0 bridgehead atoms. The standard InChI is InChI=1S/C10H12S3/c1-8-11-10(13-12-8)7-9-5-3-2-4-6-9/h2-6,8,10H,7H2,1H3/t8-,10+/m1/s1. The molecule has 0 spiro atoms. The lowest BCUT2D eigenvalue weighted by Crippen LogP contribution is -1.98. The predicted molar refractivity (Wildman–Crippen MR) is 66.2 cm³/mol. The molecule has 13 heavy (non-hydrogen) atoms. The molecular formula is C10H12S3. The monoisotopic (exact) mass is 228 g/mol. The first-order valence-corrected chi connectivity index (χ1v) is 7.58. The molecule has 1 aromatic rings. The average Bonchev–Trinajstić information content (AvgIpc) is 2.53. The summed E-state index contributed by atoms with van der Waals surface area (Å²) in [7, 11) is 4.03. The van der Waals surface area contributed by atoms with Crippen molar-refractivity contribution in [3.05, 3.63) is 35.9 Å². The summed E-state index contributed by atoms with van der Waals surface area (Å²) < 4.78 is 1.51. The van der Waals surface area contributed by atoms with Gasteiger partial charge in [0.25, 0.3) is 0 Å². The lowest BCUT2D eigenvalue weighted by atomic mass is 10.2. The van der Waals surface area contributed by atoms with Crippen molar-refractivity contribution in [3.8, 4) is 0 Å². The van der Waals surface area contributed by atoms with E-state index in [2.05, 4.69) is 49.0 Å². The molecule has 0 nitrogen and oxygen atoms in total. The summed E-state index contributed by atoms with van der Waals surface area (Å²) in [6, 6.07) is 10.8. The van der Waals surface area contributed by atoms with Gasteiger partial charge in [-0.15, -0.1) is 11.8 Å². The Balaban J connectivity index is 1.92. The van der Waals surface area contributed by atoms with E-state index in [1.807, 2.05) is 21.6 Å². The third-order valence-corrected chi connectivity index (χ3v) is 7.38. The van der Waals surface area contributed by atoms with Crippen molar-refractivity contribution in [3.63, 3.8) is 0 Å². The van der Waals surface area contributed by atoms with Gasteiger partial charge in [-0.1, -0.05) is 51.9 Å². The average molecular weight is 228 g/mol. The minimum atomic E-state index is 0.752. The highest BCUT2D eigenvalue weighted by atomic mass is 33.1. The smallest absolute Gasteiger partial charge is 0.0658 e. The number of rotatable bonds is 2. The van der Waals surface area contributed by atoms with E-state index >= 15 is 0 Å². The largest absolute Gasteiger partial charge is 0.131 e. The minimum Gasteiger partial charge on any atom is -0.131 e. The van der Waals surface area contributed by atoms with Crippen molar-refractivity contribution in [2.24, 2.45) is 0 Å². The SMILES string of the molecule is C[C@H]1SS[C@@H](Cc2ccccc2)S1. The second kappa shape index (κ2) is 4.67. The summed E-state index contributed by atoms with van der Waals surface area (Å²) in [5.74, 6) is 0. The summed E-state index contributed by atoms with van der Waals surface area (Å²) in [5, 5.41) is 0. The quantitative estimate of drug-likeness (QED) is 0.701. The first-order chi connectivity index (χ1) is 6.34. The molecule has 0 aromatic heterocycles. The first kappa shape index (κ1) is 9.81. The maximum Gasteiger partial charge on any atom is 0.0658 e. The minimum absolute atomic E-state index is 0.752. The molecule has 0 N–H and O–H groups in total. The van der Waals surface area contributed by atoms with Crippen molar-refractivity contribution >= 4 is 33.3 Å². The van der Waals surface area contributed by atoms with Gasteiger partial charge in [-0.25, -0.2) is 0 Å². The molecule has 1 fully saturated rings. The van der Waals surface area contributed by atoms with Crippen LogP contribution in [0.1, 0.15) is 12.5 Å². The zero-order valence-electron chi connectivity index (χ0n) is 7.47. The van der Waals surface area contributed by atoms with E-state index in [4.69, 9.17) is 0 Å². The summed E-state index contributed by atoms with van der Waals surface area (Å²) in [6.07, 6.45) is 1.20. The Labute approximate surface area is 91.7 Å². The van der Waals surface area contributed by atoms with Crippen LogP contribution in [0.5, 0.6) is 0 Å². The van der Waals surface area contributed by atoms with E-state index in [0.29, 0.717) is 0 Å². The van der Waals surface area contributed by atoms with Gasteiger partial charge in [0, 0.05) is 0 Å². The van der Waals surface area contributed by atoms with Gasteiger partial charge in [-0.05, 0) is 18.9 Å². The van der Waals surface area contributed by atoms with Crippen LogP contribution in [0, 0.1) is 0 Å². The van der Waals surface area contributed by atoms with Crippen LogP contribution in [0.3, 0.4) is 0 Å². The molecule has 70 valence electrons. The van der Waals surface area contributed by atoms with Crippen molar-refractivity contribution in [1.29, 1.82) is 0 Å². The molecule has 1 heterocycles. The Bertz CT molecular complexity index is 260. The maximum absolute atomic E-state index is 2.29. The summed E-state index contributed by atoms with van der Waals surface area (Å²) in [6.45, 7) is 2.29. The fourth-order valence-corrected chi connectivity index (χ4v) is 6.70. The molecule has 0 amide bonds. The third-order valence-electron chi connectivity index (χ3n) is 1.89.